The summed E-state index contributed by atoms with van der Waals surface area (Å²) in [5.74, 6) is -0.149. The van der Waals surface area contributed by atoms with Crippen LogP contribution < -0.4 is 5.32 Å². The van der Waals surface area contributed by atoms with Crippen LogP contribution in [0, 0.1) is 0 Å². The van der Waals surface area contributed by atoms with Crippen molar-refractivity contribution in [2.75, 3.05) is 12.3 Å². The zero-order valence-electron chi connectivity index (χ0n) is 8.98. The number of halogens is 1. The third kappa shape index (κ3) is 2.81. The Morgan fingerprint density at radius 1 is 1.53 bits per heavy atom. The molecule has 0 aliphatic carbocycles. The highest BCUT2D eigenvalue weighted by Crippen LogP contribution is 2.19. The molecule has 1 aliphatic heterocycles. The standard InChI is InChI=1S/C10H12ClNO4S/c11-9-4-3-8(16-9)10(13)12-6-7-2-1-5-17(7,14)15/h3-4,7H,1-2,5-6H2,(H,12,13). The lowest BCUT2D eigenvalue weighted by Gasteiger charge is -2.09. The van der Waals surface area contributed by atoms with Crippen molar-refractivity contribution in [1.29, 1.82) is 0 Å². The number of hydrogen-bond donors (Lipinski definition) is 1. The number of rotatable bonds is 3. The fourth-order valence-electron chi connectivity index (χ4n) is 1.82. The Balaban J connectivity index is 1.93. The summed E-state index contributed by atoms with van der Waals surface area (Å²) in [6.07, 6.45) is 1.26. The molecule has 2 rings (SSSR count). The molecule has 0 saturated carbocycles. The summed E-state index contributed by atoms with van der Waals surface area (Å²) < 4.78 is 28.0. The van der Waals surface area contributed by atoms with Gasteiger partial charge < -0.3 is 9.73 Å². The van der Waals surface area contributed by atoms with Gasteiger partial charge in [0, 0.05) is 6.54 Å². The van der Waals surface area contributed by atoms with E-state index in [9.17, 15) is 13.2 Å². The molecule has 0 aromatic carbocycles. The second kappa shape index (κ2) is 4.70. The minimum absolute atomic E-state index is 0.0883. The topological polar surface area (TPSA) is 76.4 Å². The number of nitrogens with one attached hydrogen (secondary N) is 1. The van der Waals surface area contributed by atoms with E-state index in [1.807, 2.05) is 0 Å². The number of carbonyl (C=O) groups excluding carboxylic acids is 1. The summed E-state index contributed by atoms with van der Waals surface area (Å²) in [6.45, 7) is 0.124. The first-order valence-electron chi connectivity index (χ1n) is 5.24. The maximum absolute atomic E-state index is 11.6. The van der Waals surface area contributed by atoms with E-state index in [2.05, 4.69) is 5.32 Å². The van der Waals surface area contributed by atoms with Crippen LogP contribution in [0.25, 0.3) is 0 Å². The predicted molar refractivity (Wildman–Crippen MR) is 62.9 cm³/mol. The van der Waals surface area contributed by atoms with Gasteiger partial charge in [0.15, 0.2) is 20.8 Å². The molecule has 94 valence electrons. The van der Waals surface area contributed by atoms with Gasteiger partial charge in [0.2, 0.25) is 0 Å². The van der Waals surface area contributed by atoms with Gasteiger partial charge in [0.05, 0.1) is 11.0 Å². The number of hydrogen-bond acceptors (Lipinski definition) is 4. The number of carbonyl (C=O) groups is 1. The minimum Gasteiger partial charge on any atom is -0.440 e. The maximum atomic E-state index is 11.6. The molecule has 17 heavy (non-hydrogen) atoms. The first-order chi connectivity index (χ1) is 7.99. The molecular weight excluding hydrogens is 266 g/mol. The van der Waals surface area contributed by atoms with Crippen LogP contribution in [0.3, 0.4) is 0 Å². The average molecular weight is 278 g/mol. The van der Waals surface area contributed by atoms with Gasteiger partial charge in [-0.1, -0.05) is 0 Å². The SMILES string of the molecule is O=C(NCC1CCCS1(=O)=O)c1ccc(Cl)o1. The van der Waals surface area contributed by atoms with Crippen molar-refractivity contribution in [1.82, 2.24) is 5.32 Å². The summed E-state index contributed by atoms with van der Waals surface area (Å²) in [7, 11) is -3.03. The summed E-state index contributed by atoms with van der Waals surface area (Å²) in [5.41, 5.74) is 0. The molecule has 1 N–H and O–H groups in total. The van der Waals surface area contributed by atoms with Gasteiger partial charge in [-0.2, -0.15) is 0 Å². The second-order valence-electron chi connectivity index (χ2n) is 3.95. The van der Waals surface area contributed by atoms with Gasteiger partial charge in [-0.25, -0.2) is 8.42 Å². The Morgan fingerprint density at radius 2 is 2.29 bits per heavy atom. The van der Waals surface area contributed by atoms with E-state index in [4.69, 9.17) is 16.0 Å². The Labute approximate surface area is 104 Å². The fourth-order valence-corrected chi connectivity index (χ4v) is 3.73. The Kier molecular flexibility index (Phi) is 3.44. The summed E-state index contributed by atoms with van der Waals surface area (Å²) >= 11 is 5.53. The summed E-state index contributed by atoms with van der Waals surface area (Å²) in [6, 6.07) is 2.91. The van der Waals surface area contributed by atoms with Crippen LogP contribution in [0.4, 0.5) is 0 Å². The van der Waals surface area contributed by atoms with Crippen molar-refractivity contribution in [2.45, 2.75) is 18.1 Å². The maximum Gasteiger partial charge on any atom is 0.287 e. The molecule has 1 aromatic rings. The van der Waals surface area contributed by atoms with Gasteiger partial charge >= 0.3 is 0 Å². The molecule has 0 spiro atoms. The third-order valence-corrected chi connectivity index (χ3v) is 5.23. The van der Waals surface area contributed by atoms with Crippen molar-refractivity contribution in [3.05, 3.63) is 23.1 Å². The van der Waals surface area contributed by atoms with Crippen LogP contribution in [0.2, 0.25) is 5.22 Å². The molecule has 0 bridgehead atoms. The zero-order valence-corrected chi connectivity index (χ0v) is 10.6. The molecule has 0 radical (unpaired) electrons. The summed E-state index contributed by atoms with van der Waals surface area (Å²) in [5, 5.41) is 2.19. The van der Waals surface area contributed by atoms with Gasteiger partial charge in [-0.05, 0) is 36.6 Å². The van der Waals surface area contributed by atoms with Crippen LogP contribution in [0.5, 0.6) is 0 Å². The van der Waals surface area contributed by atoms with Crippen molar-refractivity contribution in [2.24, 2.45) is 0 Å². The van der Waals surface area contributed by atoms with Crippen LogP contribution in [-0.2, 0) is 9.84 Å². The quantitative estimate of drug-likeness (QED) is 0.902. The van der Waals surface area contributed by atoms with Crippen molar-refractivity contribution in [3.8, 4) is 0 Å². The second-order valence-corrected chi connectivity index (χ2v) is 6.72. The number of amides is 1. The third-order valence-electron chi connectivity index (χ3n) is 2.75. The molecule has 1 fully saturated rings. The fraction of sp³-hybridized carbons (Fsp3) is 0.500. The van der Waals surface area contributed by atoms with E-state index in [0.29, 0.717) is 12.8 Å². The van der Waals surface area contributed by atoms with Crippen molar-refractivity contribution >= 4 is 27.3 Å². The molecular formula is C10H12ClNO4S. The first-order valence-corrected chi connectivity index (χ1v) is 7.33. The monoisotopic (exact) mass is 277 g/mol. The van der Waals surface area contributed by atoms with E-state index >= 15 is 0 Å². The minimum atomic E-state index is -3.03. The lowest BCUT2D eigenvalue weighted by atomic mass is 10.2. The number of sulfone groups is 1. The molecule has 1 aromatic heterocycles. The number of furan rings is 1. The van der Waals surface area contributed by atoms with E-state index in [0.717, 1.165) is 0 Å². The van der Waals surface area contributed by atoms with Crippen LogP contribution in [0.15, 0.2) is 16.5 Å². The van der Waals surface area contributed by atoms with Crippen LogP contribution in [0.1, 0.15) is 23.4 Å². The average Bonchev–Trinajstić information content (AvgIpc) is 2.81. The highest BCUT2D eigenvalue weighted by Gasteiger charge is 2.31. The van der Waals surface area contributed by atoms with Gasteiger partial charge in [-0.3, -0.25) is 4.79 Å². The van der Waals surface area contributed by atoms with Crippen molar-refractivity contribution < 1.29 is 17.6 Å². The molecule has 1 atom stereocenters. The first kappa shape index (κ1) is 12.4. The lowest BCUT2D eigenvalue weighted by Crippen LogP contribution is -2.34. The molecule has 1 saturated heterocycles. The Hall–Kier alpha value is -1.01. The van der Waals surface area contributed by atoms with E-state index in [-0.39, 0.29) is 23.3 Å². The molecule has 1 amide bonds. The molecule has 5 nitrogen and oxygen atoms in total. The molecule has 1 aliphatic rings. The summed E-state index contributed by atoms with van der Waals surface area (Å²) in [4.78, 5) is 11.6. The van der Waals surface area contributed by atoms with E-state index in [1.54, 1.807) is 0 Å². The van der Waals surface area contributed by atoms with Gasteiger partial charge in [0.25, 0.3) is 5.91 Å². The molecule has 2 heterocycles. The normalized spacial score (nSPS) is 22.5. The predicted octanol–water partition coefficient (Wildman–Crippen LogP) is 1.24. The smallest absolute Gasteiger partial charge is 0.287 e. The molecule has 1 unspecified atom stereocenters. The zero-order chi connectivity index (χ0) is 12.5. The molecule has 7 heteroatoms. The van der Waals surface area contributed by atoms with Gasteiger partial charge in [-0.15, -0.1) is 0 Å². The van der Waals surface area contributed by atoms with E-state index in [1.165, 1.54) is 12.1 Å². The highest BCUT2D eigenvalue weighted by atomic mass is 35.5. The van der Waals surface area contributed by atoms with E-state index < -0.39 is 21.0 Å². The van der Waals surface area contributed by atoms with Crippen LogP contribution >= 0.6 is 11.6 Å². The van der Waals surface area contributed by atoms with Gasteiger partial charge in [0.1, 0.15) is 0 Å². The largest absolute Gasteiger partial charge is 0.440 e. The Morgan fingerprint density at radius 3 is 2.82 bits per heavy atom. The van der Waals surface area contributed by atoms with Crippen LogP contribution in [-0.4, -0.2) is 31.9 Å². The highest BCUT2D eigenvalue weighted by molar-refractivity contribution is 7.92. The van der Waals surface area contributed by atoms with Crippen molar-refractivity contribution in [3.63, 3.8) is 0 Å². The Bertz CT molecular complexity index is 522. The lowest BCUT2D eigenvalue weighted by molar-refractivity contribution is 0.0926.